The largest absolute Gasteiger partial charge is 0.396 e. The summed E-state index contributed by atoms with van der Waals surface area (Å²) in [7, 11) is 0. The van der Waals surface area contributed by atoms with Crippen LogP contribution >= 0.6 is 11.8 Å². The third-order valence-corrected chi connectivity index (χ3v) is 8.42. The molecule has 3 N–H and O–H groups in total. The van der Waals surface area contributed by atoms with Crippen molar-refractivity contribution in [3.63, 3.8) is 0 Å². The number of hydrogen-bond acceptors (Lipinski definition) is 9. The van der Waals surface area contributed by atoms with E-state index in [0.29, 0.717) is 37.0 Å². The Balaban J connectivity index is 1.30. The van der Waals surface area contributed by atoms with E-state index in [2.05, 4.69) is 34.3 Å². The molecule has 2 atom stereocenters. The van der Waals surface area contributed by atoms with Crippen molar-refractivity contribution >= 4 is 35.9 Å². The lowest BCUT2D eigenvalue weighted by atomic mass is 10.1. The van der Waals surface area contributed by atoms with Crippen molar-refractivity contribution in [3.8, 4) is 0 Å². The first kappa shape index (κ1) is 25.4. The van der Waals surface area contributed by atoms with E-state index >= 15 is 0 Å². The summed E-state index contributed by atoms with van der Waals surface area (Å²) in [4.78, 5) is 19.7. The van der Waals surface area contributed by atoms with Crippen LogP contribution < -0.4 is 10.6 Å². The highest BCUT2D eigenvalue weighted by Gasteiger charge is 2.29. The third-order valence-electron chi connectivity index (χ3n) is 7.34. The number of aromatic nitrogens is 3. The van der Waals surface area contributed by atoms with Crippen molar-refractivity contribution in [1.82, 2.24) is 15.0 Å². The van der Waals surface area contributed by atoms with Crippen LogP contribution in [0, 0.1) is 18.8 Å². The van der Waals surface area contributed by atoms with Gasteiger partial charge in [0.2, 0.25) is 5.95 Å². The van der Waals surface area contributed by atoms with Crippen LogP contribution in [0.15, 0.2) is 22.2 Å². The van der Waals surface area contributed by atoms with E-state index < -0.39 is 0 Å². The molecule has 194 valence electrons. The molecule has 2 aromatic rings. The number of nitrogens with zero attached hydrogens (tertiary/aromatic N) is 4. The first-order valence-electron chi connectivity index (χ1n) is 13.3. The van der Waals surface area contributed by atoms with Gasteiger partial charge < -0.3 is 20.5 Å². The number of pyridine rings is 1. The first-order chi connectivity index (χ1) is 17.6. The molecule has 5 rings (SSSR count). The van der Waals surface area contributed by atoms with Gasteiger partial charge in [-0.3, -0.25) is 9.98 Å². The van der Waals surface area contributed by atoms with Crippen LogP contribution in [0.2, 0.25) is 0 Å². The molecule has 0 amide bonds. The van der Waals surface area contributed by atoms with Crippen molar-refractivity contribution in [2.45, 2.75) is 74.5 Å². The number of ether oxygens (including phenoxy) is 1. The maximum atomic E-state index is 9.60. The van der Waals surface area contributed by atoms with Crippen LogP contribution in [0.3, 0.4) is 0 Å². The molecule has 8 nitrogen and oxygen atoms in total. The fourth-order valence-electron chi connectivity index (χ4n) is 4.83. The van der Waals surface area contributed by atoms with E-state index in [4.69, 9.17) is 14.7 Å². The van der Waals surface area contributed by atoms with Crippen molar-refractivity contribution < 1.29 is 9.84 Å². The number of hydrogen-bond donors (Lipinski definition) is 3. The van der Waals surface area contributed by atoms with E-state index in [1.54, 1.807) is 11.8 Å². The van der Waals surface area contributed by atoms with Gasteiger partial charge in [0.1, 0.15) is 5.82 Å². The van der Waals surface area contributed by atoms with E-state index in [1.165, 1.54) is 25.7 Å². The summed E-state index contributed by atoms with van der Waals surface area (Å²) < 4.78 is 5.76. The molecule has 0 saturated heterocycles. The summed E-state index contributed by atoms with van der Waals surface area (Å²) in [6.45, 7) is 8.33. The minimum atomic E-state index is 0.250. The zero-order valence-corrected chi connectivity index (χ0v) is 22.0. The van der Waals surface area contributed by atoms with Crippen LogP contribution in [0.25, 0.3) is 0 Å². The highest BCUT2D eigenvalue weighted by molar-refractivity contribution is 7.98. The summed E-state index contributed by atoms with van der Waals surface area (Å²) in [6, 6.07) is 2.34. The van der Waals surface area contributed by atoms with Crippen LogP contribution in [0.4, 0.5) is 17.5 Å². The van der Waals surface area contributed by atoms with Crippen molar-refractivity contribution in [2.24, 2.45) is 16.8 Å². The molecule has 2 heterocycles. The predicted octanol–water partition coefficient (Wildman–Crippen LogP) is 5.09. The number of aliphatic hydroxyl groups excluding tert-OH is 1. The summed E-state index contributed by atoms with van der Waals surface area (Å²) in [5.74, 6) is 3.89. The summed E-state index contributed by atoms with van der Waals surface area (Å²) in [5, 5.41) is 16.6. The lowest BCUT2D eigenvalue weighted by Gasteiger charge is -2.19. The normalized spacial score (nSPS) is 21.5. The first-order valence-corrected chi connectivity index (χ1v) is 14.3. The Hall–Kier alpha value is -2.23. The number of rotatable bonds is 14. The van der Waals surface area contributed by atoms with Crippen LogP contribution in [0.5, 0.6) is 0 Å². The van der Waals surface area contributed by atoms with Gasteiger partial charge in [0.15, 0.2) is 0 Å². The van der Waals surface area contributed by atoms with Crippen LogP contribution in [-0.2, 0) is 10.5 Å². The highest BCUT2D eigenvalue weighted by atomic mass is 32.2. The van der Waals surface area contributed by atoms with E-state index in [1.807, 2.05) is 12.3 Å². The monoisotopic (exact) mass is 510 g/mol. The SMILES string of the molecule is C=Nc1c(SCc2c(C)nc(NCCOCC3CC3)nc2NC2CCC(CO)C2)ccnc1C1CC1. The lowest BCUT2D eigenvalue weighted by Crippen LogP contribution is -2.20. The average molecular weight is 511 g/mol. The average Bonchev–Trinajstić information content (AvgIpc) is 3.82. The van der Waals surface area contributed by atoms with Gasteiger partial charge in [-0.1, -0.05) is 0 Å². The van der Waals surface area contributed by atoms with Gasteiger partial charge in [-0.05, 0) is 76.5 Å². The van der Waals surface area contributed by atoms with Gasteiger partial charge in [-0.2, -0.15) is 4.98 Å². The zero-order valence-electron chi connectivity index (χ0n) is 21.2. The summed E-state index contributed by atoms with van der Waals surface area (Å²) in [5.41, 5.74) is 4.06. The molecule has 3 saturated carbocycles. The van der Waals surface area contributed by atoms with Gasteiger partial charge in [0, 0.05) is 59.8 Å². The molecule has 0 aliphatic heterocycles. The lowest BCUT2D eigenvalue weighted by molar-refractivity contribution is 0.133. The fourth-order valence-corrected chi connectivity index (χ4v) is 5.94. The molecule has 3 aliphatic carbocycles. The minimum Gasteiger partial charge on any atom is -0.396 e. The summed E-state index contributed by atoms with van der Waals surface area (Å²) >= 11 is 1.74. The molecule has 36 heavy (non-hydrogen) atoms. The molecular formula is C27H38N6O2S. The fraction of sp³-hybridized carbons (Fsp3) is 0.630. The highest BCUT2D eigenvalue weighted by Crippen LogP contribution is 2.46. The van der Waals surface area contributed by atoms with E-state index in [9.17, 15) is 5.11 Å². The number of aliphatic hydroxyl groups is 1. The molecule has 2 aromatic heterocycles. The maximum absolute atomic E-state index is 9.60. The topological polar surface area (TPSA) is 105 Å². The smallest absolute Gasteiger partial charge is 0.224 e. The molecule has 3 aliphatic rings. The predicted molar refractivity (Wildman–Crippen MR) is 146 cm³/mol. The van der Waals surface area contributed by atoms with Gasteiger partial charge >= 0.3 is 0 Å². The standard InChI is InChI=1S/C27H38N6O2S/c1-17-22(16-36-23-9-10-29-24(20-6-7-20)25(23)28-2)26(32-21-8-5-19(13-21)14-34)33-27(31-17)30-11-12-35-15-18-3-4-18/h9-10,18-21,34H,2-8,11-16H2,1H3,(H2,30,31,32,33). The van der Waals surface area contributed by atoms with Crippen molar-refractivity contribution in [2.75, 3.05) is 37.0 Å². The molecule has 0 radical (unpaired) electrons. The molecule has 0 spiro atoms. The number of nitrogens with one attached hydrogen (secondary N) is 2. The number of aryl methyl sites for hydroxylation is 1. The zero-order chi connectivity index (χ0) is 24.9. The molecule has 0 aromatic carbocycles. The number of anilines is 2. The Kier molecular flexibility index (Phi) is 8.39. The van der Waals surface area contributed by atoms with Crippen molar-refractivity contribution in [3.05, 3.63) is 29.2 Å². The Bertz CT molecular complexity index is 1060. The number of thioether (sulfide) groups is 1. The second kappa shape index (κ2) is 11.9. The minimum absolute atomic E-state index is 0.250. The van der Waals surface area contributed by atoms with Gasteiger partial charge in [-0.15, -0.1) is 11.8 Å². The van der Waals surface area contributed by atoms with Crippen molar-refractivity contribution in [1.29, 1.82) is 0 Å². The molecular weight excluding hydrogens is 472 g/mol. The molecule has 9 heteroatoms. The second-order valence-corrected chi connectivity index (χ2v) is 11.4. The quantitative estimate of drug-likeness (QED) is 0.183. The Labute approximate surface area is 218 Å². The van der Waals surface area contributed by atoms with Gasteiger partial charge in [-0.25, -0.2) is 4.98 Å². The molecule has 3 fully saturated rings. The second-order valence-electron chi connectivity index (χ2n) is 10.4. The van der Waals surface area contributed by atoms with E-state index in [0.717, 1.165) is 70.9 Å². The van der Waals surface area contributed by atoms with Gasteiger partial charge in [0.05, 0.1) is 18.0 Å². The van der Waals surface area contributed by atoms with Crippen LogP contribution in [-0.4, -0.2) is 59.2 Å². The third kappa shape index (κ3) is 6.55. The molecule has 0 bridgehead atoms. The number of aliphatic imine (C=N–C) groups is 1. The maximum Gasteiger partial charge on any atom is 0.224 e. The Morgan fingerprint density at radius 2 is 2.00 bits per heavy atom. The Morgan fingerprint density at radius 1 is 1.17 bits per heavy atom. The molecule has 2 unspecified atom stereocenters. The summed E-state index contributed by atoms with van der Waals surface area (Å²) in [6.07, 6.45) is 9.90. The Morgan fingerprint density at radius 3 is 2.72 bits per heavy atom. The van der Waals surface area contributed by atoms with Crippen LogP contribution in [0.1, 0.15) is 67.8 Å². The van der Waals surface area contributed by atoms with E-state index in [-0.39, 0.29) is 6.61 Å². The van der Waals surface area contributed by atoms with Gasteiger partial charge in [0.25, 0.3) is 0 Å².